The van der Waals surface area contributed by atoms with E-state index in [1.54, 1.807) is 4.90 Å². The first-order chi connectivity index (χ1) is 8.65. The van der Waals surface area contributed by atoms with Crippen LogP contribution in [0.5, 0.6) is 0 Å². The average Bonchev–Trinajstić information content (AvgIpc) is 2.37. The molecule has 100 valence electrons. The maximum atomic E-state index is 12.1. The van der Waals surface area contributed by atoms with Gasteiger partial charge in [0.15, 0.2) is 0 Å². The van der Waals surface area contributed by atoms with Gasteiger partial charge in [-0.2, -0.15) is 0 Å². The summed E-state index contributed by atoms with van der Waals surface area (Å²) in [4.78, 5) is 13.8. The second-order valence-corrected chi connectivity index (χ2v) is 4.51. The molecule has 1 aromatic rings. The third-order valence-electron chi connectivity index (χ3n) is 2.38. The molecule has 0 saturated heterocycles. The molecular weight excluding hydrogens is 230 g/mol. The molecule has 1 amide bonds. The molecule has 0 aliphatic rings. The first kappa shape index (κ1) is 14.7. The highest BCUT2D eigenvalue weighted by molar-refractivity contribution is 5.94. The predicted molar refractivity (Wildman–Crippen MR) is 71.5 cm³/mol. The van der Waals surface area contributed by atoms with Crippen LogP contribution in [0.1, 0.15) is 13.8 Å². The Balaban J connectivity index is 2.69. The van der Waals surface area contributed by atoms with E-state index in [1.165, 1.54) is 0 Å². The second kappa shape index (κ2) is 7.84. The lowest BCUT2D eigenvalue weighted by molar-refractivity contribution is -0.123. The molecule has 0 atom stereocenters. The third-order valence-corrected chi connectivity index (χ3v) is 2.38. The Hall–Kier alpha value is -1.39. The molecule has 0 aromatic heterocycles. The number of aliphatic hydroxyl groups excluding tert-OH is 1. The van der Waals surface area contributed by atoms with Crippen molar-refractivity contribution < 1.29 is 14.6 Å². The maximum Gasteiger partial charge on any atom is 0.252 e. The molecule has 0 saturated carbocycles. The Morgan fingerprint density at radius 1 is 1.33 bits per heavy atom. The Bertz CT molecular complexity index is 351. The average molecular weight is 251 g/mol. The lowest BCUT2D eigenvalue weighted by Crippen LogP contribution is -2.37. The number of carbonyl (C=O) groups excluding carboxylic acids is 1. The number of aliphatic hydroxyl groups is 1. The molecule has 0 aliphatic heterocycles. The number of carbonyl (C=O) groups is 1. The summed E-state index contributed by atoms with van der Waals surface area (Å²) >= 11 is 0. The molecule has 0 unspecified atom stereocenters. The van der Waals surface area contributed by atoms with E-state index >= 15 is 0 Å². The number of anilines is 1. The lowest BCUT2D eigenvalue weighted by Gasteiger charge is -2.24. The van der Waals surface area contributed by atoms with Crippen LogP contribution in [0.4, 0.5) is 5.69 Å². The molecule has 4 heteroatoms. The largest absolute Gasteiger partial charge is 0.394 e. The number of nitrogens with zero attached hydrogens (tertiary/aromatic N) is 1. The fourth-order valence-electron chi connectivity index (χ4n) is 1.63. The summed E-state index contributed by atoms with van der Waals surface area (Å²) in [6.07, 6.45) is 0. The zero-order chi connectivity index (χ0) is 13.4. The van der Waals surface area contributed by atoms with Gasteiger partial charge in [-0.3, -0.25) is 4.79 Å². The van der Waals surface area contributed by atoms with Crippen molar-refractivity contribution in [3.05, 3.63) is 30.3 Å². The fourth-order valence-corrected chi connectivity index (χ4v) is 1.63. The standard InChI is InChI=1S/C14H21NO3/c1-12(2)10-15(13-6-4-3-5-7-13)14(17)11-18-9-8-16/h3-7,12,16H,8-11H2,1-2H3. The number of hydrogen-bond acceptors (Lipinski definition) is 3. The topological polar surface area (TPSA) is 49.8 Å². The van der Waals surface area contributed by atoms with Crippen LogP contribution in [0.3, 0.4) is 0 Å². The summed E-state index contributed by atoms with van der Waals surface area (Å²) in [6, 6.07) is 9.55. The molecule has 1 rings (SSSR count). The number of benzene rings is 1. The minimum absolute atomic E-state index is 0.00216. The van der Waals surface area contributed by atoms with E-state index in [2.05, 4.69) is 13.8 Å². The molecular formula is C14H21NO3. The smallest absolute Gasteiger partial charge is 0.252 e. The van der Waals surface area contributed by atoms with Gasteiger partial charge in [-0.25, -0.2) is 0 Å². The lowest BCUT2D eigenvalue weighted by atomic mass is 10.2. The monoisotopic (exact) mass is 251 g/mol. The zero-order valence-corrected chi connectivity index (χ0v) is 11.0. The van der Waals surface area contributed by atoms with Crippen LogP contribution >= 0.6 is 0 Å². The Morgan fingerprint density at radius 2 is 2.00 bits per heavy atom. The maximum absolute atomic E-state index is 12.1. The van der Waals surface area contributed by atoms with E-state index in [1.807, 2.05) is 30.3 Å². The molecule has 0 aliphatic carbocycles. The summed E-state index contributed by atoms with van der Waals surface area (Å²) in [7, 11) is 0. The van der Waals surface area contributed by atoms with Gasteiger partial charge < -0.3 is 14.7 Å². The Kier molecular flexibility index (Phi) is 6.39. The van der Waals surface area contributed by atoms with Gasteiger partial charge in [0.25, 0.3) is 5.91 Å². The molecule has 0 radical (unpaired) electrons. The van der Waals surface area contributed by atoms with E-state index in [0.717, 1.165) is 5.69 Å². The van der Waals surface area contributed by atoms with Crippen LogP contribution in [0, 0.1) is 5.92 Å². The van der Waals surface area contributed by atoms with Gasteiger partial charge >= 0.3 is 0 Å². The van der Waals surface area contributed by atoms with Gasteiger partial charge in [0, 0.05) is 12.2 Å². The first-order valence-corrected chi connectivity index (χ1v) is 6.19. The van der Waals surface area contributed by atoms with Gasteiger partial charge in [0.2, 0.25) is 0 Å². The first-order valence-electron chi connectivity index (χ1n) is 6.19. The Labute approximate surface area is 108 Å². The van der Waals surface area contributed by atoms with E-state index in [0.29, 0.717) is 12.5 Å². The molecule has 0 bridgehead atoms. The van der Waals surface area contributed by atoms with Crippen LogP contribution in [-0.2, 0) is 9.53 Å². The normalized spacial score (nSPS) is 10.7. The van der Waals surface area contributed by atoms with Crippen LogP contribution in [0.2, 0.25) is 0 Å². The molecule has 18 heavy (non-hydrogen) atoms. The van der Waals surface area contributed by atoms with Crippen molar-refractivity contribution in [2.45, 2.75) is 13.8 Å². The number of amides is 1. The SMILES string of the molecule is CC(C)CN(C(=O)COCCO)c1ccccc1. The summed E-state index contributed by atoms with van der Waals surface area (Å²) < 4.78 is 5.09. The molecule has 0 fully saturated rings. The predicted octanol–water partition coefficient (Wildman–Crippen LogP) is 1.68. The summed E-state index contributed by atoms with van der Waals surface area (Å²) in [5, 5.41) is 8.63. The highest BCUT2D eigenvalue weighted by Crippen LogP contribution is 2.15. The fraction of sp³-hybridized carbons (Fsp3) is 0.500. The minimum Gasteiger partial charge on any atom is -0.394 e. The highest BCUT2D eigenvalue weighted by atomic mass is 16.5. The van der Waals surface area contributed by atoms with Crippen LogP contribution < -0.4 is 4.90 Å². The zero-order valence-electron chi connectivity index (χ0n) is 11.0. The van der Waals surface area contributed by atoms with E-state index in [4.69, 9.17) is 9.84 Å². The van der Waals surface area contributed by atoms with Gasteiger partial charge in [-0.1, -0.05) is 32.0 Å². The van der Waals surface area contributed by atoms with Crippen molar-refractivity contribution in [2.75, 3.05) is 31.3 Å². The minimum atomic E-state index is -0.0802. The van der Waals surface area contributed by atoms with Gasteiger partial charge in [0.1, 0.15) is 6.61 Å². The number of hydrogen-bond donors (Lipinski definition) is 1. The van der Waals surface area contributed by atoms with Crippen LogP contribution in [0.25, 0.3) is 0 Å². The molecule has 1 N–H and O–H groups in total. The summed E-state index contributed by atoms with van der Waals surface area (Å²) in [5.74, 6) is 0.301. The van der Waals surface area contributed by atoms with Crippen LogP contribution in [-0.4, -0.2) is 37.4 Å². The highest BCUT2D eigenvalue weighted by Gasteiger charge is 2.16. The van der Waals surface area contributed by atoms with Crippen LogP contribution in [0.15, 0.2) is 30.3 Å². The quantitative estimate of drug-likeness (QED) is 0.750. The molecule has 0 heterocycles. The van der Waals surface area contributed by atoms with Crippen molar-refractivity contribution in [2.24, 2.45) is 5.92 Å². The number of para-hydroxylation sites is 1. The second-order valence-electron chi connectivity index (χ2n) is 4.51. The molecule has 0 spiro atoms. The van der Waals surface area contributed by atoms with E-state index in [9.17, 15) is 4.79 Å². The van der Waals surface area contributed by atoms with Crippen molar-refractivity contribution in [3.8, 4) is 0 Å². The van der Waals surface area contributed by atoms with Gasteiger partial charge in [-0.15, -0.1) is 0 Å². The van der Waals surface area contributed by atoms with E-state index in [-0.39, 0.29) is 25.7 Å². The van der Waals surface area contributed by atoms with Crippen molar-refractivity contribution in [3.63, 3.8) is 0 Å². The van der Waals surface area contributed by atoms with E-state index < -0.39 is 0 Å². The van der Waals surface area contributed by atoms with Gasteiger partial charge in [0.05, 0.1) is 13.2 Å². The number of rotatable bonds is 7. The van der Waals surface area contributed by atoms with Crippen molar-refractivity contribution in [1.82, 2.24) is 0 Å². The van der Waals surface area contributed by atoms with Crippen molar-refractivity contribution in [1.29, 1.82) is 0 Å². The third kappa shape index (κ3) is 4.85. The summed E-state index contributed by atoms with van der Waals surface area (Å²) in [6.45, 7) is 4.92. The van der Waals surface area contributed by atoms with Gasteiger partial charge in [-0.05, 0) is 18.1 Å². The van der Waals surface area contributed by atoms with Crippen molar-refractivity contribution >= 4 is 11.6 Å². The molecule has 4 nitrogen and oxygen atoms in total. The molecule has 1 aromatic carbocycles. The Morgan fingerprint density at radius 3 is 2.56 bits per heavy atom. The number of ether oxygens (including phenoxy) is 1. The summed E-state index contributed by atoms with van der Waals surface area (Å²) in [5.41, 5.74) is 0.879.